The Morgan fingerprint density at radius 3 is 2.24 bits per heavy atom. The van der Waals surface area contributed by atoms with Gasteiger partial charge in [0.15, 0.2) is 21.3 Å². The number of carbonyl (C=O) groups excluding carboxylic acids is 1. The maximum Gasteiger partial charge on any atom is 0.417 e. The van der Waals surface area contributed by atoms with Gasteiger partial charge in [-0.1, -0.05) is 24.8 Å². The van der Waals surface area contributed by atoms with Crippen molar-refractivity contribution in [1.82, 2.24) is 19.4 Å². The van der Waals surface area contributed by atoms with Crippen molar-refractivity contribution in [3.05, 3.63) is 88.4 Å². The number of aryl methyl sites for hydroxylation is 1. The monoisotopic (exact) mass is 661 g/mol. The maximum absolute atomic E-state index is 16.0. The molecule has 1 fully saturated rings. The van der Waals surface area contributed by atoms with E-state index in [4.69, 9.17) is 0 Å². The maximum atomic E-state index is 16.0. The van der Waals surface area contributed by atoms with Crippen LogP contribution in [0.15, 0.2) is 64.8 Å². The molecule has 0 radical (unpaired) electrons. The number of anilines is 1. The Hall–Kier alpha value is -4.66. The van der Waals surface area contributed by atoms with E-state index in [0.717, 1.165) is 35.1 Å². The molecule has 15 heteroatoms. The number of piperazine rings is 1. The second-order valence-electron chi connectivity index (χ2n) is 11.1. The molecule has 2 aromatic carbocycles. The fraction of sp³-hybridized carbons (Fsp3) is 0.290. The van der Waals surface area contributed by atoms with Crippen molar-refractivity contribution >= 4 is 32.6 Å². The van der Waals surface area contributed by atoms with Crippen molar-refractivity contribution in [3.8, 4) is 16.9 Å². The molecule has 0 saturated carbocycles. The molecule has 9 nitrogen and oxygen atoms in total. The normalized spacial score (nSPS) is 17.4. The average Bonchev–Trinajstić information content (AvgIpc) is 2.95. The van der Waals surface area contributed by atoms with Crippen LogP contribution >= 0.6 is 0 Å². The molecule has 0 bridgehead atoms. The van der Waals surface area contributed by atoms with Gasteiger partial charge in [-0.15, -0.1) is 0 Å². The third-order valence-corrected chi connectivity index (χ3v) is 8.96. The van der Waals surface area contributed by atoms with E-state index < -0.39 is 67.9 Å². The van der Waals surface area contributed by atoms with Crippen LogP contribution in [0.3, 0.4) is 0 Å². The summed E-state index contributed by atoms with van der Waals surface area (Å²) in [7, 11) is -4.01. The van der Waals surface area contributed by atoms with Gasteiger partial charge in [-0.05, 0) is 56.7 Å². The second kappa shape index (κ2) is 11.6. The number of amides is 1. The van der Waals surface area contributed by atoms with Gasteiger partial charge in [0.25, 0.3) is 0 Å². The first kappa shape index (κ1) is 32.7. The highest BCUT2D eigenvalue weighted by atomic mass is 32.2. The van der Waals surface area contributed by atoms with Crippen LogP contribution < -0.4 is 10.6 Å². The van der Waals surface area contributed by atoms with Gasteiger partial charge in [0, 0.05) is 31.4 Å². The molecule has 46 heavy (non-hydrogen) atoms. The van der Waals surface area contributed by atoms with E-state index in [1.165, 1.54) is 30.0 Å². The van der Waals surface area contributed by atoms with Crippen molar-refractivity contribution in [2.24, 2.45) is 0 Å². The van der Waals surface area contributed by atoms with Crippen molar-refractivity contribution in [3.63, 3.8) is 0 Å². The minimum atomic E-state index is -5.10. The summed E-state index contributed by atoms with van der Waals surface area (Å²) < 4.78 is 99.7. The van der Waals surface area contributed by atoms with E-state index in [2.05, 4.69) is 16.5 Å². The number of para-hydroxylation sites is 1. The smallest absolute Gasteiger partial charge is 0.347 e. The highest BCUT2D eigenvalue weighted by molar-refractivity contribution is 7.90. The predicted octanol–water partition coefficient (Wildman–Crippen LogP) is 5.07. The van der Waals surface area contributed by atoms with Gasteiger partial charge in [-0.3, -0.25) is 4.79 Å². The molecule has 4 aromatic rings. The van der Waals surface area contributed by atoms with Gasteiger partial charge in [0.2, 0.25) is 5.91 Å². The third kappa shape index (κ3) is 5.63. The van der Waals surface area contributed by atoms with Gasteiger partial charge >= 0.3 is 11.9 Å². The van der Waals surface area contributed by atoms with Crippen LogP contribution in [0.1, 0.15) is 25.0 Å². The van der Waals surface area contributed by atoms with E-state index >= 15 is 8.78 Å². The van der Waals surface area contributed by atoms with Gasteiger partial charge < -0.3 is 9.80 Å². The lowest BCUT2D eigenvalue weighted by Crippen LogP contribution is -2.58. The van der Waals surface area contributed by atoms with E-state index in [0.29, 0.717) is 6.07 Å². The van der Waals surface area contributed by atoms with Gasteiger partial charge in [-0.25, -0.2) is 31.5 Å². The Bertz CT molecular complexity index is 2070. The molecular formula is C31H28F5N5O4S. The Kier molecular flexibility index (Phi) is 8.26. The number of hydrogen-bond acceptors (Lipinski definition) is 7. The third-order valence-electron chi connectivity index (χ3n) is 7.83. The van der Waals surface area contributed by atoms with Crippen LogP contribution in [-0.4, -0.2) is 65.2 Å². The topological polar surface area (TPSA) is 105 Å². The highest BCUT2D eigenvalue weighted by Crippen LogP contribution is 2.40. The number of sulfone groups is 1. The van der Waals surface area contributed by atoms with Crippen molar-refractivity contribution in [1.29, 1.82) is 0 Å². The minimum absolute atomic E-state index is 0.0982. The Morgan fingerprint density at radius 2 is 1.65 bits per heavy atom. The molecule has 2 atom stereocenters. The molecule has 242 valence electrons. The number of aromatic nitrogens is 3. The van der Waals surface area contributed by atoms with Crippen molar-refractivity contribution in [2.75, 3.05) is 24.2 Å². The molecule has 0 aliphatic carbocycles. The summed E-state index contributed by atoms with van der Waals surface area (Å²) in [6, 6.07) is 6.08. The number of fused-ring (bicyclic) bond motifs is 1. The molecule has 0 N–H and O–H groups in total. The molecule has 1 saturated heterocycles. The van der Waals surface area contributed by atoms with Crippen LogP contribution in [0.25, 0.3) is 28.0 Å². The summed E-state index contributed by atoms with van der Waals surface area (Å²) in [6.07, 6.45) is -3.04. The number of alkyl halides is 3. The molecule has 1 amide bonds. The number of hydrogen-bond donors (Lipinski definition) is 0. The summed E-state index contributed by atoms with van der Waals surface area (Å²) in [5.41, 5.74) is -5.19. The molecule has 2 aromatic heterocycles. The molecule has 0 unspecified atom stereocenters. The number of carbonyl (C=O) groups is 1. The standard InChI is InChI=1S/C31H28F5N5O4S/c1-6-24(42)39-14-17(3)40(18(4)15-39)29-19-13-22(33)26(25-20(31(34,35)36)10-8-11-21(25)32)37-28(19)41(30(43)38-29)27-16(2)9-7-12-23(27)46(5,44)45/h6-13,17-18H,1,14-15H2,2-5H3/t17-,18+. The summed E-state index contributed by atoms with van der Waals surface area (Å²) in [6.45, 7) is 8.79. The quantitative estimate of drug-likeness (QED) is 0.217. The van der Waals surface area contributed by atoms with Crippen LogP contribution in [0.4, 0.5) is 27.8 Å². The number of rotatable bonds is 5. The predicted molar refractivity (Wildman–Crippen MR) is 162 cm³/mol. The Morgan fingerprint density at radius 1 is 1.02 bits per heavy atom. The zero-order chi connectivity index (χ0) is 33.9. The van der Waals surface area contributed by atoms with Crippen molar-refractivity contribution < 1.29 is 35.2 Å². The minimum Gasteiger partial charge on any atom is -0.347 e. The first-order chi connectivity index (χ1) is 21.4. The average molecular weight is 662 g/mol. The van der Waals surface area contributed by atoms with Crippen LogP contribution in [0.2, 0.25) is 0 Å². The largest absolute Gasteiger partial charge is 0.417 e. The lowest BCUT2D eigenvalue weighted by atomic mass is 10.0. The first-order valence-electron chi connectivity index (χ1n) is 13.9. The zero-order valence-electron chi connectivity index (χ0n) is 25.1. The van der Waals surface area contributed by atoms with E-state index in [1.54, 1.807) is 18.7 Å². The van der Waals surface area contributed by atoms with Gasteiger partial charge in [0.1, 0.15) is 17.3 Å². The number of nitrogens with zero attached hydrogens (tertiary/aromatic N) is 5. The molecule has 1 aliphatic heterocycles. The fourth-order valence-electron chi connectivity index (χ4n) is 5.95. The molecule has 1 aliphatic rings. The summed E-state index contributed by atoms with van der Waals surface area (Å²) in [4.78, 5) is 37.6. The first-order valence-corrected chi connectivity index (χ1v) is 15.8. The van der Waals surface area contributed by atoms with Gasteiger partial charge in [0.05, 0.1) is 27.1 Å². The molecule has 3 heterocycles. The fourth-order valence-corrected chi connectivity index (χ4v) is 6.88. The zero-order valence-corrected chi connectivity index (χ0v) is 25.9. The van der Waals surface area contributed by atoms with Crippen molar-refractivity contribution in [2.45, 2.75) is 43.9 Å². The summed E-state index contributed by atoms with van der Waals surface area (Å²) >= 11 is 0. The van der Waals surface area contributed by atoms with Gasteiger partial charge in [-0.2, -0.15) is 18.2 Å². The number of halogens is 5. The van der Waals surface area contributed by atoms with Crippen LogP contribution in [-0.2, 0) is 20.8 Å². The Balaban J connectivity index is 1.91. The summed E-state index contributed by atoms with van der Waals surface area (Å²) in [5.74, 6) is -3.19. The number of benzene rings is 2. The van der Waals surface area contributed by atoms with E-state index in [9.17, 15) is 31.2 Å². The molecular weight excluding hydrogens is 633 g/mol. The Labute approximate surface area is 260 Å². The van der Waals surface area contributed by atoms with E-state index in [-0.39, 0.29) is 46.3 Å². The van der Waals surface area contributed by atoms with Crippen LogP contribution in [0.5, 0.6) is 0 Å². The summed E-state index contributed by atoms with van der Waals surface area (Å²) in [5, 5.41) is -0.157. The second-order valence-corrected chi connectivity index (χ2v) is 13.1. The van der Waals surface area contributed by atoms with E-state index in [1.807, 2.05) is 0 Å². The highest BCUT2D eigenvalue weighted by Gasteiger charge is 2.38. The lowest BCUT2D eigenvalue weighted by Gasteiger charge is -2.45. The number of pyridine rings is 1. The lowest BCUT2D eigenvalue weighted by molar-refractivity contribution is -0.137. The molecule has 0 spiro atoms. The van der Waals surface area contributed by atoms with Crippen LogP contribution in [0, 0.1) is 18.6 Å². The SMILES string of the molecule is C=CC(=O)N1C[C@@H](C)N(c2nc(=O)n(-c3c(C)cccc3S(C)(=O)=O)c3nc(-c4c(F)cccc4C(F)(F)F)c(F)cc23)[C@@H](C)C1. The molecule has 5 rings (SSSR count).